The molecule has 3 fully saturated rings. The third-order valence-electron chi connectivity index (χ3n) is 9.60. The van der Waals surface area contributed by atoms with Gasteiger partial charge in [0, 0.05) is 48.3 Å². The molecule has 46 heavy (non-hydrogen) atoms. The number of pyridine rings is 1. The zero-order valence-electron chi connectivity index (χ0n) is 26.4. The number of benzene rings is 2. The topological polar surface area (TPSA) is 80.4 Å². The Labute approximate surface area is 264 Å². The SMILES string of the molecule is [2H]C([2H])(Oc1nc(N2CCC=C[C@H]3[C@H](F)[C@H]32)c2cnc(-c3cc(N)cc4cc(F)c(F)c(C#C)c34)c(F)c2n1)[C@@]12CCCN1C[C@H](F)C2. The van der Waals surface area contributed by atoms with Gasteiger partial charge in [-0.15, -0.1) is 6.42 Å². The smallest absolute Gasteiger partial charge is 0.319 e. The van der Waals surface area contributed by atoms with E-state index < -0.39 is 65.4 Å². The first kappa shape index (κ1) is 26.7. The molecule has 0 amide bonds. The number of fused-ring (bicyclic) bond motifs is 4. The molecule has 2 aromatic heterocycles. The van der Waals surface area contributed by atoms with Crippen LogP contribution in [-0.2, 0) is 0 Å². The van der Waals surface area contributed by atoms with Gasteiger partial charge >= 0.3 is 6.01 Å². The molecule has 12 heteroatoms. The van der Waals surface area contributed by atoms with Gasteiger partial charge < -0.3 is 15.4 Å². The van der Waals surface area contributed by atoms with Crippen LogP contribution >= 0.6 is 0 Å². The standard InChI is InChI=1S/C34H29F5N6O/c1-2-20-25-17(11-24(36)26(20)37)10-19(40)12-22(25)29-28(39)30-23(14-41-29)32(45-9-4-3-6-21-27(38)31(21)45)43-33(42-30)46-16-34-7-5-8-44(34)15-18(35)13-34/h1,3,6,10-12,14,18,21,27,31H,4-5,7-9,13,15-16,40H2/t18-,21+,27+,31+,34+/m1/s1/i16D2. The number of anilines is 2. The van der Waals surface area contributed by atoms with Gasteiger partial charge in [0.1, 0.15) is 35.9 Å². The van der Waals surface area contributed by atoms with Gasteiger partial charge in [-0.1, -0.05) is 18.1 Å². The summed E-state index contributed by atoms with van der Waals surface area (Å²) < 4.78 is 99.7. The molecule has 4 aliphatic rings. The van der Waals surface area contributed by atoms with Crippen molar-refractivity contribution >= 4 is 33.2 Å². The van der Waals surface area contributed by atoms with Crippen LogP contribution in [0.25, 0.3) is 32.9 Å². The van der Waals surface area contributed by atoms with Crippen molar-refractivity contribution in [2.75, 3.05) is 36.8 Å². The normalized spacial score (nSPS) is 28.0. The fourth-order valence-corrected chi connectivity index (χ4v) is 7.45. The Morgan fingerprint density at radius 1 is 1.15 bits per heavy atom. The maximum atomic E-state index is 16.9. The zero-order chi connectivity index (χ0) is 33.7. The Balaban J connectivity index is 1.33. The van der Waals surface area contributed by atoms with E-state index in [1.54, 1.807) is 15.9 Å². The molecule has 236 valence electrons. The Hall–Kier alpha value is -4.50. The molecule has 0 unspecified atom stereocenters. The molecule has 2 saturated heterocycles. The van der Waals surface area contributed by atoms with E-state index >= 15 is 4.39 Å². The average Bonchev–Trinajstić information content (AvgIpc) is 3.39. The molecule has 0 bridgehead atoms. The second kappa shape index (κ2) is 10.5. The lowest BCUT2D eigenvalue weighted by molar-refractivity contribution is 0.107. The molecular formula is C34H29F5N6O. The fourth-order valence-electron chi connectivity index (χ4n) is 7.45. The summed E-state index contributed by atoms with van der Waals surface area (Å²) in [5.74, 6) is -1.69. The highest BCUT2D eigenvalue weighted by Gasteiger charge is 2.54. The molecule has 5 atom stereocenters. The lowest BCUT2D eigenvalue weighted by Gasteiger charge is -2.31. The highest BCUT2D eigenvalue weighted by Crippen LogP contribution is 2.46. The van der Waals surface area contributed by atoms with Crippen LogP contribution in [0, 0.1) is 35.7 Å². The van der Waals surface area contributed by atoms with Crippen LogP contribution in [0.5, 0.6) is 6.01 Å². The summed E-state index contributed by atoms with van der Waals surface area (Å²) in [7, 11) is 0. The maximum absolute atomic E-state index is 16.9. The number of aromatic nitrogens is 3. The number of alkyl halides is 2. The Morgan fingerprint density at radius 3 is 2.83 bits per heavy atom. The maximum Gasteiger partial charge on any atom is 0.319 e. The lowest BCUT2D eigenvalue weighted by Crippen LogP contribution is -2.43. The van der Waals surface area contributed by atoms with Crippen molar-refractivity contribution in [3.8, 4) is 29.6 Å². The number of nitrogen functional groups attached to an aromatic ring is 1. The van der Waals surface area contributed by atoms with E-state index in [1.165, 1.54) is 18.3 Å². The predicted molar refractivity (Wildman–Crippen MR) is 164 cm³/mol. The van der Waals surface area contributed by atoms with Gasteiger partial charge in [-0.3, -0.25) is 9.88 Å². The third kappa shape index (κ3) is 4.39. The predicted octanol–water partition coefficient (Wildman–Crippen LogP) is 5.88. The van der Waals surface area contributed by atoms with Crippen molar-refractivity contribution in [1.29, 1.82) is 0 Å². The van der Waals surface area contributed by atoms with Crippen molar-refractivity contribution in [2.24, 2.45) is 5.92 Å². The summed E-state index contributed by atoms with van der Waals surface area (Å²) in [6, 6.07) is 2.48. The quantitative estimate of drug-likeness (QED) is 0.127. The van der Waals surface area contributed by atoms with Crippen LogP contribution in [-0.4, -0.2) is 70.0 Å². The number of nitrogens with zero attached hydrogens (tertiary/aromatic N) is 5. The second-order valence-electron chi connectivity index (χ2n) is 12.4. The number of nitrogens with two attached hydrogens (primary N) is 1. The number of terminal acetylenes is 1. The van der Waals surface area contributed by atoms with Crippen LogP contribution in [0.15, 0.2) is 36.5 Å². The molecule has 3 aliphatic heterocycles. The van der Waals surface area contributed by atoms with E-state index in [0.29, 0.717) is 32.4 Å². The molecule has 0 spiro atoms. The van der Waals surface area contributed by atoms with Crippen molar-refractivity contribution in [2.45, 2.75) is 49.6 Å². The van der Waals surface area contributed by atoms with E-state index in [0.717, 1.165) is 6.07 Å². The summed E-state index contributed by atoms with van der Waals surface area (Å²) in [4.78, 5) is 16.6. The minimum Gasteiger partial charge on any atom is -0.461 e. The Kier molecular flexibility index (Phi) is 6.10. The van der Waals surface area contributed by atoms with Gasteiger partial charge in [0.2, 0.25) is 0 Å². The molecule has 2 N–H and O–H groups in total. The van der Waals surface area contributed by atoms with Crippen LogP contribution in [0.3, 0.4) is 0 Å². The summed E-state index contributed by atoms with van der Waals surface area (Å²) in [5.41, 5.74) is 3.75. The van der Waals surface area contributed by atoms with Gasteiger partial charge in [-0.25, -0.2) is 22.0 Å². The van der Waals surface area contributed by atoms with E-state index in [-0.39, 0.29) is 57.4 Å². The molecule has 7 nitrogen and oxygen atoms in total. The van der Waals surface area contributed by atoms with Crippen molar-refractivity contribution in [3.05, 3.63) is 59.6 Å². The molecular weight excluding hydrogens is 603 g/mol. The second-order valence-corrected chi connectivity index (χ2v) is 12.4. The minimum atomic E-state index is -2.49. The first-order valence-corrected chi connectivity index (χ1v) is 15.1. The highest BCUT2D eigenvalue weighted by molar-refractivity contribution is 6.04. The average molecular weight is 635 g/mol. The number of halogens is 5. The summed E-state index contributed by atoms with van der Waals surface area (Å²) in [6.45, 7) is -1.61. The summed E-state index contributed by atoms with van der Waals surface area (Å²) in [6.07, 6.45) is 9.50. The lowest BCUT2D eigenvalue weighted by atomic mass is 9.95. The highest BCUT2D eigenvalue weighted by atomic mass is 19.2. The monoisotopic (exact) mass is 634 g/mol. The van der Waals surface area contributed by atoms with Gasteiger partial charge in [-0.05, 0) is 49.4 Å². The van der Waals surface area contributed by atoms with Crippen molar-refractivity contribution < 1.29 is 29.4 Å². The molecule has 2 aromatic carbocycles. The minimum absolute atomic E-state index is 0.000516. The molecule has 8 rings (SSSR count). The first-order valence-electron chi connectivity index (χ1n) is 16.1. The van der Waals surface area contributed by atoms with E-state index in [9.17, 15) is 17.6 Å². The Morgan fingerprint density at radius 2 is 2.00 bits per heavy atom. The molecule has 0 radical (unpaired) electrons. The van der Waals surface area contributed by atoms with Crippen LogP contribution < -0.4 is 15.4 Å². The third-order valence-corrected chi connectivity index (χ3v) is 9.60. The van der Waals surface area contributed by atoms with Crippen molar-refractivity contribution in [1.82, 2.24) is 19.9 Å². The summed E-state index contributed by atoms with van der Waals surface area (Å²) in [5, 5.41) is 0.213. The number of hydrogen-bond acceptors (Lipinski definition) is 7. The van der Waals surface area contributed by atoms with E-state index in [1.807, 2.05) is 6.08 Å². The number of rotatable bonds is 5. The molecule has 1 saturated carbocycles. The molecule has 5 heterocycles. The zero-order valence-corrected chi connectivity index (χ0v) is 24.4. The van der Waals surface area contributed by atoms with Gasteiger partial charge in [0.25, 0.3) is 0 Å². The molecule has 4 aromatic rings. The first-order chi connectivity index (χ1) is 22.9. The van der Waals surface area contributed by atoms with Gasteiger partial charge in [0.05, 0.1) is 25.3 Å². The Bertz CT molecular complexity index is 2090. The van der Waals surface area contributed by atoms with Gasteiger partial charge in [-0.2, -0.15) is 9.97 Å². The van der Waals surface area contributed by atoms with Gasteiger partial charge in [0.15, 0.2) is 17.5 Å². The van der Waals surface area contributed by atoms with Crippen LogP contribution in [0.4, 0.5) is 33.5 Å². The fraction of sp³-hybridized carbons (Fsp3) is 0.382. The van der Waals surface area contributed by atoms with Crippen LogP contribution in [0.2, 0.25) is 0 Å². The van der Waals surface area contributed by atoms with Crippen molar-refractivity contribution in [3.63, 3.8) is 0 Å². The number of hydrogen-bond donors (Lipinski definition) is 1. The molecule has 1 aliphatic carbocycles. The van der Waals surface area contributed by atoms with E-state index in [4.69, 9.17) is 19.6 Å². The number of ether oxygens (including phenoxy) is 1. The van der Waals surface area contributed by atoms with E-state index in [2.05, 4.69) is 20.9 Å². The largest absolute Gasteiger partial charge is 0.461 e. The summed E-state index contributed by atoms with van der Waals surface area (Å²) >= 11 is 0. The van der Waals surface area contributed by atoms with Crippen LogP contribution in [0.1, 0.15) is 34.0 Å².